The van der Waals surface area contributed by atoms with Gasteiger partial charge in [-0.15, -0.1) is 0 Å². The molecule has 0 spiro atoms. The Labute approximate surface area is 137 Å². The van der Waals surface area contributed by atoms with Crippen LogP contribution in [0.2, 0.25) is 10.0 Å². The van der Waals surface area contributed by atoms with Crippen LogP contribution in [0.5, 0.6) is 5.75 Å². The highest BCUT2D eigenvalue weighted by atomic mass is 35.5. The first kappa shape index (κ1) is 15.1. The molecule has 8 heteroatoms. The third-order valence-corrected chi connectivity index (χ3v) is 4.05. The van der Waals surface area contributed by atoms with E-state index in [1.807, 2.05) is 0 Å². The van der Waals surface area contributed by atoms with Crippen LogP contribution in [0, 0.1) is 0 Å². The second-order valence-electron chi connectivity index (χ2n) is 5.00. The molecule has 0 N–H and O–H groups in total. The molecule has 1 saturated heterocycles. The second kappa shape index (κ2) is 6.54. The average Bonchev–Trinajstić information content (AvgIpc) is 3.17. The van der Waals surface area contributed by atoms with E-state index in [9.17, 15) is 4.79 Å². The molecule has 1 fully saturated rings. The van der Waals surface area contributed by atoms with Crippen LogP contribution in [0.4, 0.5) is 0 Å². The summed E-state index contributed by atoms with van der Waals surface area (Å²) in [4.78, 5) is 15.6. The van der Waals surface area contributed by atoms with E-state index in [0.29, 0.717) is 28.9 Å². The van der Waals surface area contributed by atoms with E-state index in [-0.39, 0.29) is 18.6 Å². The highest BCUT2D eigenvalue weighted by Gasteiger charge is 2.28. The minimum absolute atomic E-state index is 0.0550. The summed E-state index contributed by atoms with van der Waals surface area (Å²) in [6.07, 6.45) is 4.11. The van der Waals surface area contributed by atoms with Crippen LogP contribution < -0.4 is 4.74 Å². The molecule has 2 aromatic rings. The van der Waals surface area contributed by atoms with E-state index in [4.69, 9.17) is 27.9 Å². The number of halogens is 2. The van der Waals surface area contributed by atoms with Crippen molar-refractivity contribution in [1.29, 1.82) is 0 Å². The molecular weight excluding hydrogens is 327 g/mol. The van der Waals surface area contributed by atoms with Gasteiger partial charge in [-0.05, 0) is 24.6 Å². The molecule has 3 rings (SSSR count). The maximum atomic E-state index is 12.2. The standard InChI is InChI=1S/C14H14Cl2N4O2/c15-10-1-2-13(12(16)7-10)22-9-14(21)19-6-3-11(8-19)20-17-4-5-18-20/h1-2,4-5,7,11H,3,6,8-9H2. The molecule has 0 bridgehead atoms. The predicted molar refractivity (Wildman–Crippen MR) is 82.2 cm³/mol. The van der Waals surface area contributed by atoms with Gasteiger partial charge in [0.05, 0.1) is 23.5 Å². The lowest BCUT2D eigenvalue weighted by Gasteiger charge is -2.17. The highest BCUT2D eigenvalue weighted by molar-refractivity contribution is 6.35. The van der Waals surface area contributed by atoms with E-state index in [1.54, 1.807) is 40.3 Å². The van der Waals surface area contributed by atoms with E-state index >= 15 is 0 Å². The molecule has 1 aliphatic heterocycles. The predicted octanol–water partition coefficient (Wildman–Crippen LogP) is 2.44. The molecule has 6 nitrogen and oxygen atoms in total. The van der Waals surface area contributed by atoms with Crippen molar-refractivity contribution in [3.63, 3.8) is 0 Å². The van der Waals surface area contributed by atoms with Crippen molar-refractivity contribution in [2.24, 2.45) is 0 Å². The molecular formula is C14H14Cl2N4O2. The number of nitrogens with zero attached hydrogens (tertiary/aromatic N) is 4. The maximum Gasteiger partial charge on any atom is 0.260 e. The van der Waals surface area contributed by atoms with Gasteiger partial charge < -0.3 is 9.64 Å². The van der Waals surface area contributed by atoms with Crippen LogP contribution in [-0.4, -0.2) is 45.5 Å². The fourth-order valence-electron chi connectivity index (χ4n) is 2.39. The van der Waals surface area contributed by atoms with Crippen molar-refractivity contribution in [2.75, 3.05) is 19.7 Å². The number of rotatable bonds is 4. The topological polar surface area (TPSA) is 60.2 Å². The number of carbonyl (C=O) groups excluding carboxylic acids is 1. The number of hydrogen-bond acceptors (Lipinski definition) is 4. The molecule has 0 aliphatic carbocycles. The number of carbonyl (C=O) groups is 1. The molecule has 1 atom stereocenters. The number of likely N-dealkylation sites (tertiary alicyclic amines) is 1. The van der Waals surface area contributed by atoms with Gasteiger partial charge in [0.1, 0.15) is 5.75 Å². The van der Waals surface area contributed by atoms with Crippen LogP contribution in [0.3, 0.4) is 0 Å². The van der Waals surface area contributed by atoms with Gasteiger partial charge >= 0.3 is 0 Å². The van der Waals surface area contributed by atoms with Crippen molar-refractivity contribution >= 4 is 29.1 Å². The van der Waals surface area contributed by atoms with Gasteiger partial charge in [-0.3, -0.25) is 4.79 Å². The molecule has 1 aromatic heterocycles. The van der Waals surface area contributed by atoms with Crippen LogP contribution in [0.25, 0.3) is 0 Å². The van der Waals surface area contributed by atoms with E-state index in [1.165, 1.54) is 0 Å². The molecule has 2 heterocycles. The summed E-state index contributed by atoms with van der Waals surface area (Å²) >= 11 is 11.8. The van der Waals surface area contributed by atoms with Gasteiger partial charge in [0.25, 0.3) is 5.91 Å². The average molecular weight is 341 g/mol. The molecule has 116 valence electrons. The highest BCUT2D eigenvalue weighted by Crippen LogP contribution is 2.27. The number of amides is 1. The van der Waals surface area contributed by atoms with Crippen molar-refractivity contribution in [3.8, 4) is 5.75 Å². The van der Waals surface area contributed by atoms with Crippen molar-refractivity contribution < 1.29 is 9.53 Å². The van der Waals surface area contributed by atoms with Gasteiger partial charge in [0.2, 0.25) is 0 Å². The van der Waals surface area contributed by atoms with E-state index < -0.39 is 0 Å². The summed E-state index contributed by atoms with van der Waals surface area (Å²) in [6, 6.07) is 5.03. The third-order valence-electron chi connectivity index (χ3n) is 3.52. The Balaban J connectivity index is 1.54. The van der Waals surface area contributed by atoms with Gasteiger partial charge in [0, 0.05) is 18.1 Å². The summed E-state index contributed by atoms with van der Waals surface area (Å²) in [5.74, 6) is 0.365. The number of hydrogen-bond donors (Lipinski definition) is 0. The zero-order valence-electron chi connectivity index (χ0n) is 11.7. The minimum atomic E-state index is -0.0827. The Kier molecular flexibility index (Phi) is 4.49. The fraction of sp³-hybridized carbons (Fsp3) is 0.357. The first-order valence-electron chi connectivity index (χ1n) is 6.85. The number of aromatic nitrogens is 3. The number of ether oxygens (including phenoxy) is 1. The summed E-state index contributed by atoms with van der Waals surface area (Å²) < 4.78 is 5.47. The third kappa shape index (κ3) is 3.34. The lowest BCUT2D eigenvalue weighted by molar-refractivity contribution is -0.132. The van der Waals surface area contributed by atoms with Gasteiger partial charge in [-0.2, -0.15) is 15.0 Å². The van der Waals surface area contributed by atoms with Crippen molar-refractivity contribution in [1.82, 2.24) is 19.9 Å². The minimum Gasteiger partial charge on any atom is -0.482 e. The molecule has 0 saturated carbocycles. The van der Waals surface area contributed by atoms with Gasteiger partial charge in [-0.1, -0.05) is 23.2 Å². The Hall–Kier alpha value is -1.79. The quantitative estimate of drug-likeness (QED) is 0.857. The smallest absolute Gasteiger partial charge is 0.260 e. The lowest BCUT2D eigenvalue weighted by atomic mass is 10.3. The van der Waals surface area contributed by atoms with Crippen molar-refractivity contribution in [2.45, 2.75) is 12.5 Å². The van der Waals surface area contributed by atoms with Crippen LogP contribution in [-0.2, 0) is 4.79 Å². The summed E-state index contributed by atoms with van der Waals surface area (Å²) in [5.41, 5.74) is 0. The lowest BCUT2D eigenvalue weighted by Crippen LogP contribution is -2.33. The first-order chi connectivity index (χ1) is 10.6. The zero-order chi connectivity index (χ0) is 15.5. The second-order valence-corrected chi connectivity index (χ2v) is 5.84. The normalized spacial score (nSPS) is 17.7. The number of benzene rings is 1. The van der Waals surface area contributed by atoms with Crippen LogP contribution >= 0.6 is 23.2 Å². The Morgan fingerprint density at radius 1 is 1.32 bits per heavy atom. The maximum absolute atomic E-state index is 12.2. The molecule has 1 aliphatic rings. The van der Waals surface area contributed by atoms with Crippen LogP contribution in [0.15, 0.2) is 30.6 Å². The fourth-order valence-corrected chi connectivity index (χ4v) is 2.86. The Bertz CT molecular complexity index is 663. The van der Waals surface area contributed by atoms with Gasteiger partial charge in [-0.25, -0.2) is 0 Å². The van der Waals surface area contributed by atoms with E-state index in [0.717, 1.165) is 6.42 Å². The van der Waals surface area contributed by atoms with Crippen molar-refractivity contribution in [3.05, 3.63) is 40.6 Å². The SMILES string of the molecule is O=C(COc1ccc(Cl)cc1Cl)N1CCC(n2nccn2)C1. The molecule has 1 unspecified atom stereocenters. The largest absolute Gasteiger partial charge is 0.482 e. The molecule has 22 heavy (non-hydrogen) atoms. The summed E-state index contributed by atoms with van der Waals surface area (Å²) in [5, 5.41) is 9.14. The summed E-state index contributed by atoms with van der Waals surface area (Å²) in [6.45, 7) is 1.20. The Morgan fingerprint density at radius 3 is 2.82 bits per heavy atom. The first-order valence-corrected chi connectivity index (χ1v) is 7.60. The Morgan fingerprint density at radius 2 is 2.09 bits per heavy atom. The van der Waals surface area contributed by atoms with Gasteiger partial charge in [0.15, 0.2) is 6.61 Å². The molecule has 1 amide bonds. The molecule has 0 radical (unpaired) electrons. The monoisotopic (exact) mass is 340 g/mol. The van der Waals surface area contributed by atoms with E-state index in [2.05, 4.69) is 10.2 Å². The molecule has 1 aromatic carbocycles. The summed E-state index contributed by atoms with van der Waals surface area (Å²) in [7, 11) is 0. The van der Waals surface area contributed by atoms with Crippen LogP contribution in [0.1, 0.15) is 12.5 Å². The zero-order valence-corrected chi connectivity index (χ0v) is 13.2.